The maximum atomic E-state index is 9.90. The van der Waals surface area contributed by atoms with Gasteiger partial charge in [-0.25, -0.2) is 0 Å². The summed E-state index contributed by atoms with van der Waals surface area (Å²) in [4.78, 5) is 2.15. The fourth-order valence-electron chi connectivity index (χ4n) is 2.30. The molecule has 4 nitrogen and oxygen atoms in total. The molecule has 1 aliphatic carbocycles. The van der Waals surface area contributed by atoms with Crippen LogP contribution in [0, 0.1) is 0 Å². The first-order chi connectivity index (χ1) is 7.29. The molecule has 0 aliphatic heterocycles. The van der Waals surface area contributed by atoms with Gasteiger partial charge >= 0.3 is 0 Å². The highest BCUT2D eigenvalue weighted by molar-refractivity contribution is 4.82. The zero-order chi connectivity index (χ0) is 11.1. The predicted molar refractivity (Wildman–Crippen MR) is 58.8 cm³/mol. The third kappa shape index (κ3) is 4.07. The fourth-order valence-corrected chi connectivity index (χ4v) is 2.30. The maximum absolute atomic E-state index is 9.90. The van der Waals surface area contributed by atoms with Gasteiger partial charge in [-0.05, 0) is 12.8 Å². The van der Waals surface area contributed by atoms with Crippen LogP contribution in [0.3, 0.4) is 0 Å². The second-order valence-corrected chi connectivity index (χ2v) is 4.17. The summed E-state index contributed by atoms with van der Waals surface area (Å²) in [5, 5.41) is 18.9. The van der Waals surface area contributed by atoms with Crippen molar-refractivity contribution in [3.05, 3.63) is 0 Å². The second-order valence-electron chi connectivity index (χ2n) is 4.17. The molecule has 0 radical (unpaired) electrons. The smallest absolute Gasteiger partial charge is 0.0695 e. The van der Waals surface area contributed by atoms with Crippen LogP contribution in [0.25, 0.3) is 0 Å². The number of methoxy groups -OCH3 is 1. The molecule has 0 heterocycles. The van der Waals surface area contributed by atoms with Gasteiger partial charge in [0.1, 0.15) is 0 Å². The van der Waals surface area contributed by atoms with Crippen LogP contribution >= 0.6 is 0 Å². The summed E-state index contributed by atoms with van der Waals surface area (Å²) in [7, 11) is 1.68. The first kappa shape index (κ1) is 12.9. The molecule has 1 fully saturated rings. The van der Waals surface area contributed by atoms with Crippen molar-refractivity contribution in [3.8, 4) is 0 Å². The Labute approximate surface area is 91.8 Å². The van der Waals surface area contributed by atoms with Crippen molar-refractivity contribution in [2.45, 2.75) is 37.8 Å². The Bertz CT molecular complexity index is 166. The first-order valence-corrected chi connectivity index (χ1v) is 5.81. The first-order valence-electron chi connectivity index (χ1n) is 5.81. The molecule has 4 heteroatoms. The summed E-state index contributed by atoms with van der Waals surface area (Å²) >= 11 is 0. The van der Waals surface area contributed by atoms with Gasteiger partial charge in [0.05, 0.1) is 19.3 Å². The van der Waals surface area contributed by atoms with E-state index in [0.717, 1.165) is 25.8 Å². The number of hydrogen-bond donors (Lipinski definition) is 2. The molecular formula is C11H23NO3. The molecule has 0 aromatic heterocycles. The normalized spacial score (nSPS) is 27.2. The number of ether oxygens (including phenoxy) is 1. The van der Waals surface area contributed by atoms with Gasteiger partial charge in [0.25, 0.3) is 0 Å². The van der Waals surface area contributed by atoms with Gasteiger partial charge in [0, 0.05) is 26.2 Å². The topological polar surface area (TPSA) is 52.9 Å². The van der Waals surface area contributed by atoms with Gasteiger partial charge in [-0.2, -0.15) is 0 Å². The number of aliphatic hydroxyl groups excluding tert-OH is 2. The highest BCUT2D eigenvalue weighted by Crippen LogP contribution is 2.22. The second kappa shape index (κ2) is 7.17. The minimum Gasteiger partial charge on any atom is -0.395 e. The zero-order valence-electron chi connectivity index (χ0n) is 9.56. The van der Waals surface area contributed by atoms with E-state index >= 15 is 0 Å². The van der Waals surface area contributed by atoms with Gasteiger partial charge < -0.3 is 14.9 Å². The third-order valence-corrected chi connectivity index (χ3v) is 3.13. The van der Waals surface area contributed by atoms with Gasteiger partial charge in [-0.15, -0.1) is 0 Å². The molecule has 0 aromatic carbocycles. The van der Waals surface area contributed by atoms with Gasteiger partial charge in [-0.3, -0.25) is 4.90 Å². The molecule has 1 rings (SSSR count). The predicted octanol–water partition coefficient (Wildman–Crippen LogP) is 0.231. The molecule has 0 spiro atoms. The molecule has 1 saturated carbocycles. The van der Waals surface area contributed by atoms with Crippen LogP contribution in [-0.4, -0.2) is 60.7 Å². The van der Waals surface area contributed by atoms with Crippen LogP contribution in [0.1, 0.15) is 25.7 Å². The van der Waals surface area contributed by atoms with Gasteiger partial charge in [0.2, 0.25) is 0 Å². The Balaban J connectivity index is 2.44. The summed E-state index contributed by atoms with van der Waals surface area (Å²) in [6.07, 6.45) is 3.98. The van der Waals surface area contributed by atoms with E-state index in [-0.39, 0.29) is 18.8 Å². The SMILES string of the molecule is COCCN(CCO)[C@@H]1CCCC[C@H]1O. The molecule has 0 saturated heterocycles. The molecular weight excluding hydrogens is 194 g/mol. The van der Waals surface area contributed by atoms with Crippen molar-refractivity contribution in [2.24, 2.45) is 0 Å². The van der Waals surface area contributed by atoms with Gasteiger partial charge in [0.15, 0.2) is 0 Å². The van der Waals surface area contributed by atoms with Crippen LogP contribution in [0.4, 0.5) is 0 Å². The van der Waals surface area contributed by atoms with Crippen molar-refractivity contribution in [3.63, 3.8) is 0 Å². The van der Waals surface area contributed by atoms with Crippen molar-refractivity contribution in [2.75, 3.05) is 33.4 Å². The molecule has 0 bridgehead atoms. The van der Waals surface area contributed by atoms with Crippen molar-refractivity contribution >= 4 is 0 Å². The van der Waals surface area contributed by atoms with Crippen LogP contribution in [-0.2, 0) is 4.74 Å². The Hall–Kier alpha value is -0.160. The van der Waals surface area contributed by atoms with Crippen LogP contribution in [0.2, 0.25) is 0 Å². The summed E-state index contributed by atoms with van der Waals surface area (Å²) in [6.45, 7) is 2.22. The number of rotatable bonds is 6. The fraction of sp³-hybridized carbons (Fsp3) is 1.00. The Morgan fingerprint density at radius 1 is 1.27 bits per heavy atom. The molecule has 1 aliphatic rings. The van der Waals surface area contributed by atoms with E-state index in [0.29, 0.717) is 13.2 Å². The number of nitrogens with zero attached hydrogens (tertiary/aromatic N) is 1. The summed E-state index contributed by atoms with van der Waals surface area (Å²) in [5.41, 5.74) is 0. The van der Waals surface area contributed by atoms with Crippen LogP contribution in [0.15, 0.2) is 0 Å². The summed E-state index contributed by atoms with van der Waals surface area (Å²) < 4.78 is 5.04. The van der Waals surface area contributed by atoms with Crippen molar-refractivity contribution in [1.82, 2.24) is 4.90 Å². The molecule has 15 heavy (non-hydrogen) atoms. The monoisotopic (exact) mass is 217 g/mol. The molecule has 2 atom stereocenters. The third-order valence-electron chi connectivity index (χ3n) is 3.13. The lowest BCUT2D eigenvalue weighted by molar-refractivity contribution is 0.00234. The molecule has 90 valence electrons. The highest BCUT2D eigenvalue weighted by Gasteiger charge is 2.27. The molecule has 2 N–H and O–H groups in total. The molecule has 0 aromatic rings. The lowest BCUT2D eigenvalue weighted by Crippen LogP contribution is -2.47. The van der Waals surface area contributed by atoms with E-state index < -0.39 is 0 Å². The zero-order valence-corrected chi connectivity index (χ0v) is 9.56. The van der Waals surface area contributed by atoms with Crippen molar-refractivity contribution < 1.29 is 14.9 Å². The Morgan fingerprint density at radius 2 is 2.00 bits per heavy atom. The average Bonchev–Trinajstić information content (AvgIpc) is 2.25. The van der Waals surface area contributed by atoms with E-state index in [1.165, 1.54) is 6.42 Å². The summed E-state index contributed by atoms with van der Waals surface area (Å²) in [6, 6.07) is 0.209. The van der Waals surface area contributed by atoms with E-state index in [4.69, 9.17) is 9.84 Å². The quantitative estimate of drug-likeness (QED) is 0.669. The van der Waals surface area contributed by atoms with E-state index in [1.54, 1.807) is 7.11 Å². The Morgan fingerprint density at radius 3 is 2.60 bits per heavy atom. The Kier molecular flexibility index (Phi) is 6.17. The summed E-state index contributed by atoms with van der Waals surface area (Å²) in [5.74, 6) is 0. The highest BCUT2D eigenvalue weighted by atomic mass is 16.5. The van der Waals surface area contributed by atoms with E-state index in [2.05, 4.69) is 4.90 Å². The van der Waals surface area contributed by atoms with E-state index in [9.17, 15) is 5.11 Å². The lowest BCUT2D eigenvalue weighted by Gasteiger charge is -2.37. The maximum Gasteiger partial charge on any atom is 0.0695 e. The number of aliphatic hydroxyl groups is 2. The van der Waals surface area contributed by atoms with Gasteiger partial charge in [-0.1, -0.05) is 12.8 Å². The van der Waals surface area contributed by atoms with Crippen LogP contribution < -0.4 is 0 Å². The van der Waals surface area contributed by atoms with Crippen LogP contribution in [0.5, 0.6) is 0 Å². The number of hydrogen-bond acceptors (Lipinski definition) is 4. The standard InChI is InChI=1S/C11H23NO3/c1-15-9-7-12(6-8-13)10-4-2-3-5-11(10)14/h10-11,13-14H,2-9H2,1H3/t10-,11-/m1/s1. The minimum absolute atomic E-state index is 0.146. The lowest BCUT2D eigenvalue weighted by atomic mass is 9.91. The van der Waals surface area contributed by atoms with E-state index in [1.807, 2.05) is 0 Å². The largest absolute Gasteiger partial charge is 0.395 e. The molecule has 0 amide bonds. The minimum atomic E-state index is -0.234. The van der Waals surface area contributed by atoms with Crippen molar-refractivity contribution in [1.29, 1.82) is 0 Å². The average molecular weight is 217 g/mol. The molecule has 0 unspecified atom stereocenters.